The van der Waals surface area contributed by atoms with E-state index in [1.807, 2.05) is 0 Å². The fourth-order valence-corrected chi connectivity index (χ4v) is 3.97. The molecule has 1 fully saturated rings. The summed E-state index contributed by atoms with van der Waals surface area (Å²) < 4.78 is 6.10. The number of aryl methyl sites for hydroxylation is 1. The third kappa shape index (κ3) is 3.25. The van der Waals surface area contributed by atoms with Crippen molar-refractivity contribution in [3.63, 3.8) is 0 Å². The van der Waals surface area contributed by atoms with Crippen molar-refractivity contribution in [2.24, 2.45) is 5.92 Å². The minimum atomic E-state index is 0.378. The highest BCUT2D eigenvalue weighted by molar-refractivity contribution is 6.20. The molecular formula is C17H23ClO. The van der Waals surface area contributed by atoms with Gasteiger partial charge >= 0.3 is 0 Å². The topological polar surface area (TPSA) is 9.23 Å². The molecule has 2 heteroatoms. The van der Waals surface area contributed by atoms with Crippen LogP contribution >= 0.6 is 11.6 Å². The fourth-order valence-electron chi connectivity index (χ4n) is 3.56. The number of fused-ring (bicyclic) bond motifs is 1. The van der Waals surface area contributed by atoms with Gasteiger partial charge in [-0.15, -0.1) is 11.6 Å². The zero-order chi connectivity index (χ0) is 13.2. The van der Waals surface area contributed by atoms with E-state index in [0.29, 0.717) is 11.5 Å². The van der Waals surface area contributed by atoms with Crippen molar-refractivity contribution in [3.05, 3.63) is 29.3 Å². The maximum absolute atomic E-state index is 6.37. The van der Waals surface area contributed by atoms with Crippen LogP contribution in [0.25, 0.3) is 0 Å². The molecule has 1 saturated carbocycles. The van der Waals surface area contributed by atoms with E-state index in [1.54, 1.807) is 0 Å². The maximum Gasteiger partial charge on any atom is 0.123 e. The standard InChI is InChI=1S/C17H23ClO/c1-12-6-7-17-14(8-12)11-16(19-17)10-13-4-2-3-5-15(18)9-13/h6-8,13,15-16H,2-5,9-11H2,1H3. The van der Waals surface area contributed by atoms with Crippen LogP contribution in [0.15, 0.2) is 18.2 Å². The largest absolute Gasteiger partial charge is 0.490 e. The molecule has 0 amide bonds. The van der Waals surface area contributed by atoms with E-state index in [2.05, 4.69) is 25.1 Å². The molecule has 2 aliphatic rings. The summed E-state index contributed by atoms with van der Waals surface area (Å²) in [6.45, 7) is 2.15. The van der Waals surface area contributed by atoms with Gasteiger partial charge in [-0.1, -0.05) is 37.0 Å². The second kappa shape index (κ2) is 5.75. The first-order valence-electron chi connectivity index (χ1n) is 7.61. The van der Waals surface area contributed by atoms with E-state index in [4.69, 9.17) is 16.3 Å². The fraction of sp³-hybridized carbons (Fsp3) is 0.647. The minimum absolute atomic E-state index is 0.378. The number of hydrogen-bond acceptors (Lipinski definition) is 1. The van der Waals surface area contributed by atoms with Crippen molar-refractivity contribution in [3.8, 4) is 5.75 Å². The van der Waals surface area contributed by atoms with Crippen molar-refractivity contribution in [1.29, 1.82) is 0 Å². The Balaban J connectivity index is 1.60. The van der Waals surface area contributed by atoms with Gasteiger partial charge in [-0.3, -0.25) is 0 Å². The molecule has 1 nitrogen and oxygen atoms in total. The van der Waals surface area contributed by atoms with E-state index in [0.717, 1.165) is 18.1 Å². The van der Waals surface area contributed by atoms with Gasteiger partial charge in [0.2, 0.25) is 0 Å². The Kier molecular flexibility index (Phi) is 4.02. The number of alkyl halides is 1. The highest BCUT2D eigenvalue weighted by Gasteiger charge is 2.27. The van der Waals surface area contributed by atoms with Crippen molar-refractivity contribution in [2.75, 3.05) is 0 Å². The number of halogens is 1. The van der Waals surface area contributed by atoms with Crippen LogP contribution in [-0.2, 0) is 6.42 Å². The smallest absolute Gasteiger partial charge is 0.123 e. The Morgan fingerprint density at radius 1 is 1.26 bits per heavy atom. The lowest BCUT2D eigenvalue weighted by molar-refractivity contribution is 0.187. The predicted molar refractivity (Wildman–Crippen MR) is 80.1 cm³/mol. The SMILES string of the molecule is Cc1ccc2c(c1)CC(CC1CCCCC(Cl)C1)O2. The van der Waals surface area contributed by atoms with Gasteiger partial charge in [0, 0.05) is 11.8 Å². The Labute approximate surface area is 121 Å². The van der Waals surface area contributed by atoms with E-state index in [-0.39, 0.29) is 0 Å². The number of rotatable bonds is 2. The molecule has 0 bridgehead atoms. The molecule has 0 saturated heterocycles. The van der Waals surface area contributed by atoms with Gasteiger partial charge in [-0.2, -0.15) is 0 Å². The average molecular weight is 279 g/mol. The summed E-state index contributed by atoms with van der Waals surface area (Å²) >= 11 is 6.37. The molecule has 1 aliphatic carbocycles. The van der Waals surface area contributed by atoms with Crippen molar-refractivity contribution < 1.29 is 4.74 Å². The normalized spacial score (nSPS) is 30.5. The van der Waals surface area contributed by atoms with Crippen LogP contribution in [0.4, 0.5) is 0 Å². The summed E-state index contributed by atoms with van der Waals surface area (Å²) in [6, 6.07) is 6.54. The van der Waals surface area contributed by atoms with Gasteiger partial charge in [0.1, 0.15) is 11.9 Å². The Hall–Kier alpha value is -0.690. The maximum atomic E-state index is 6.37. The Bertz CT molecular complexity index is 443. The van der Waals surface area contributed by atoms with Crippen LogP contribution in [0.1, 0.15) is 49.7 Å². The summed E-state index contributed by atoms with van der Waals surface area (Å²) in [4.78, 5) is 0. The van der Waals surface area contributed by atoms with E-state index in [1.165, 1.54) is 49.7 Å². The van der Waals surface area contributed by atoms with Crippen LogP contribution in [0.5, 0.6) is 5.75 Å². The van der Waals surface area contributed by atoms with Gasteiger partial charge in [-0.25, -0.2) is 0 Å². The molecule has 3 atom stereocenters. The van der Waals surface area contributed by atoms with Crippen LogP contribution in [0.2, 0.25) is 0 Å². The molecule has 19 heavy (non-hydrogen) atoms. The van der Waals surface area contributed by atoms with E-state index >= 15 is 0 Å². The van der Waals surface area contributed by atoms with Crippen LogP contribution in [0.3, 0.4) is 0 Å². The summed E-state index contributed by atoms with van der Waals surface area (Å²) in [5.74, 6) is 1.86. The Morgan fingerprint density at radius 2 is 2.11 bits per heavy atom. The van der Waals surface area contributed by atoms with Gasteiger partial charge in [0.25, 0.3) is 0 Å². The number of benzene rings is 1. The average Bonchev–Trinajstić information content (AvgIpc) is 2.63. The zero-order valence-corrected chi connectivity index (χ0v) is 12.5. The number of hydrogen-bond donors (Lipinski definition) is 0. The zero-order valence-electron chi connectivity index (χ0n) is 11.7. The van der Waals surface area contributed by atoms with E-state index in [9.17, 15) is 0 Å². The highest BCUT2D eigenvalue weighted by Crippen LogP contribution is 2.35. The molecule has 1 aliphatic heterocycles. The highest BCUT2D eigenvalue weighted by atomic mass is 35.5. The van der Waals surface area contributed by atoms with Gasteiger partial charge in [0.15, 0.2) is 0 Å². The van der Waals surface area contributed by atoms with Crippen LogP contribution < -0.4 is 4.74 Å². The lowest BCUT2D eigenvalue weighted by Crippen LogP contribution is -2.19. The molecule has 1 heterocycles. The molecular weight excluding hydrogens is 256 g/mol. The summed E-state index contributed by atoms with van der Waals surface area (Å²) in [7, 11) is 0. The van der Waals surface area contributed by atoms with Crippen LogP contribution in [0, 0.1) is 12.8 Å². The van der Waals surface area contributed by atoms with Crippen molar-refractivity contribution in [2.45, 2.75) is 63.4 Å². The monoisotopic (exact) mass is 278 g/mol. The predicted octanol–water partition coefficient (Wildman–Crippen LogP) is 4.88. The second-order valence-corrected chi connectivity index (χ2v) is 6.89. The summed E-state index contributed by atoms with van der Waals surface area (Å²) in [6.07, 6.45) is 8.99. The lowest BCUT2D eigenvalue weighted by atomic mass is 9.92. The molecule has 104 valence electrons. The second-order valence-electron chi connectivity index (χ2n) is 6.27. The van der Waals surface area contributed by atoms with Crippen molar-refractivity contribution in [1.82, 2.24) is 0 Å². The lowest BCUT2D eigenvalue weighted by Gasteiger charge is -2.20. The first kappa shape index (κ1) is 13.3. The third-order valence-electron chi connectivity index (χ3n) is 4.52. The quantitative estimate of drug-likeness (QED) is 0.554. The molecule has 0 spiro atoms. The molecule has 3 unspecified atom stereocenters. The van der Waals surface area contributed by atoms with Gasteiger partial charge in [-0.05, 0) is 43.7 Å². The first-order chi connectivity index (χ1) is 9.20. The molecule has 1 aromatic rings. The molecule has 0 aromatic heterocycles. The third-order valence-corrected chi connectivity index (χ3v) is 4.92. The van der Waals surface area contributed by atoms with Gasteiger partial charge in [0.05, 0.1) is 0 Å². The van der Waals surface area contributed by atoms with Crippen molar-refractivity contribution >= 4 is 11.6 Å². The van der Waals surface area contributed by atoms with Gasteiger partial charge < -0.3 is 4.74 Å². The molecule has 0 radical (unpaired) electrons. The Morgan fingerprint density at radius 3 is 3.00 bits per heavy atom. The molecule has 3 rings (SSSR count). The van der Waals surface area contributed by atoms with Crippen LogP contribution in [-0.4, -0.2) is 11.5 Å². The number of ether oxygens (including phenoxy) is 1. The summed E-state index contributed by atoms with van der Waals surface area (Å²) in [5, 5.41) is 0.388. The van der Waals surface area contributed by atoms with E-state index < -0.39 is 0 Å². The molecule has 1 aromatic carbocycles. The molecule has 0 N–H and O–H groups in total. The minimum Gasteiger partial charge on any atom is -0.490 e. The first-order valence-corrected chi connectivity index (χ1v) is 8.04. The summed E-state index contributed by atoms with van der Waals surface area (Å²) in [5.41, 5.74) is 2.72.